The van der Waals surface area contributed by atoms with E-state index in [-0.39, 0.29) is 17.7 Å². The van der Waals surface area contributed by atoms with Crippen LogP contribution in [0.25, 0.3) is 0 Å². The van der Waals surface area contributed by atoms with Crippen molar-refractivity contribution in [1.82, 2.24) is 19.8 Å². The van der Waals surface area contributed by atoms with Crippen LogP contribution >= 0.6 is 0 Å². The summed E-state index contributed by atoms with van der Waals surface area (Å²) in [6.45, 7) is 0.978. The maximum atomic E-state index is 13.2. The number of nitrogens with zero attached hydrogens (tertiary/aromatic N) is 3. The molecule has 1 saturated heterocycles. The second-order valence-corrected chi connectivity index (χ2v) is 7.68. The van der Waals surface area contributed by atoms with Crippen molar-refractivity contribution >= 4 is 11.8 Å². The number of methoxy groups -OCH3 is 1. The largest absolute Gasteiger partial charge is 0.497 e. The Morgan fingerprint density at radius 2 is 2.06 bits per heavy atom. The van der Waals surface area contributed by atoms with E-state index in [1.54, 1.807) is 30.3 Å². The second kappa shape index (κ2) is 9.07. The van der Waals surface area contributed by atoms with Crippen LogP contribution in [0.1, 0.15) is 40.8 Å². The summed E-state index contributed by atoms with van der Waals surface area (Å²) in [4.78, 5) is 32.0. The number of nitrogens with one attached hydrogen (secondary N) is 1. The summed E-state index contributed by atoms with van der Waals surface area (Å²) >= 11 is 0. The molecule has 1 fully saturated rings. The predicted molar refractivity (Wildman–Crippen MR) is 114 cm³/mol. The average molecular weight is 422 g/mol. The average Bonchev–Trinajstić information content (AvgIpc) is 3.49. The monoisotopic (exact) mass is 422 g/mol. The minimum absolute atomic E-state index is 0.0965. The number of benzene rings is 1. The highest BCUT2D eigenvalue weighted by atomic mass is 16.5. The van der Waals surface area contributed by atoms with Gasteiger partial charge in [-0.3, -0.25) is 9.59 Å². The topological polar surface area (TPSA) is 89.6 Å². The smallest absolute Gasteiger partial charge is 0.289 e. The Labute approximate surface area is 180 Å². The van der Waals surface area contributed by atoms with Crippen LogP contribution < -0.4 is 10.1 Å². The van der Waals surface area contributed by atoms with Gasteiger partial charge in [-0.1, -0.05) is 12.1 Å². The Hall–Kier alpha value is -3.55. The fourth-order valence-electron chi connectivity index (χ4n) is 3.94. The lowest BCUT2D eigenvalue weighted by atomic mass is 9.95. The number of aryl methyl sites for hydroxylation is 1. The summed E-state index contributed by atoms with van der Waals surface area (Å²) < 4.78 is 12.4. The summed E-state index contributed by atoms with van der Waals surface area (Å²) in [5.74, 6) is 1.20. The van der Waals surface area contributed by atoms with Gasteiger partial charge in [-0.2, -0.15) is 0 Å². The van der Waals surface area contributed by atoms with Crippen LogP contribution in [0, 0.1) is 5.92 Å². The minimum atomic E-state index is -0.408. The van der Waals surface area contributed by atoms with Crippen LogP contribution in [0.15, 0.2) is 59.5 Å². The molecule has 0 aliphatic carbocycles. The third-order valence-electron chi connectivity index (χ3n) is 5.66. The molecular formula is C23H26N4O4. The molecule has 1 aliphatic rings. The first-order valence-electron chi connectivity index (χ1n) is 10.3. The maximum Gasteiger partial charge on any atom is 0.289 e. The van der Waals surface area contributed by atoms with Gasteiger partial charge in [-0.05, 0) is 42.7 Å². The molecule has 2 amide bonds. The molecule has 4 rings (SSSR count). The molecule has 0 bridgehead atoms. The van der Waals surface area contributed by atoms with Gasteiger partial charge in [0.25, 0.3) is 5.91 Å². The molecule has 8 nitrogen and oxygen atoms in total. The van der Waals surface area contributed by atoms with Crippen LogP contribution in [-0.2, 0) is 11.8 Å². The van der Waals surface area contributed by atoms with Crippen molar-refractivity contribution < 1.29 is 18.7 Å². The standard InChI is InChI=1S/C23H26N4O4/c1-26-13-11-24-21(26)20(16-7-9-18(30-2)10-8-16)25-22(28)17-5-3-12-27(15-17)23(29)19-6-4-14-31-19/h4,6-11,13-14,17,20H,3,5,12,15H2,1-2H3,(H,25,28)/t17-,20-/m1/s1. The summed E-state index contributed by atoms with van der Waals surface area (Å²) in [7, 11) is 3.52. The number of ether oxygens (including phenoxy) is 1. The summed E-state index contributed by atoms with van der Waals surface area (Å²) in [6.07, 6.45) is 6.53. The van der Waals surface area contributed by atoms with Gasteiger partial charge in [-0.15, -0.1) is 0 Å². The van der Waals surface area contributed by atoms with Crippen LogP contribution in [0.2, 0.25) is 0 Å². The van der Waals surface area contributed by atoms with Crippen molar-refractivity contribution in [3.05, 3.63) is 72.2 Å². The Morgan fingerprint density at radius 1 is 1.26 bits per heavy atom. The Kier molecular flexibility index (Phi) is 6.06. The van der Waals surface area contributed by atoms with E-state index in [0.29, 0.717) is 18.8 Å². The number of carbonyl (C=O) groups excluding carboxylic acids is 2. The lowest BCUT2D eigenvalue weighted by molar-refractivity contribution is -0.126. The molecule has 0 radical (unpaired) electrons. The number of likely N-dealkylation sites (tertiary alicyclic amines) is 1. The first kappa shape index (κ1) is 20.7. The molecule has 1 N–H and O–H groups in total. The Balaban J connectivity index is 1.51. The van der Waals surface area contributed by atoms with Crippen LogP contribution in [0.5, 0.6) is 5.75 Å². The van der Waals surface area contributed by atoms with Gasteiger partial charge in [0.15, 0.2) is 5.76 Å². The van der Waals surface area contributed by atoms with Crippen LogP contribution in [0.3, 0.4) is 0 Å². The highest BCUT2D eigenvalue weighted by Gasteiger charge is 2.32. The molecule has 3 heterocycles. The normalized spacial score (nSPS) is 17.2. The fraction of sp³-hybridized carbons (Fsp3) is 0.348. The van der Waals surface area contributed by atoms with E-state index in [0.717, 1.165) is 30.0 Å². The van der Waals surface area contributed by atoms with Gasteiger partial charge in [0.05, 0.1) is 19.3 Å². The lowest BCUT2D eigenvalue weighted by Crippen LogP contribution is -2.46. The number of carbonyl (C=O) groups is 2. The summed E-state index contributed by atoms with van der Waals surface area (Å²) in [5, 5.41) is 3.15. The van der Waals surface area contributed by atoms with E-state index in [1.165, 1.54) is 6.26 Å². The maximum absolute atomic E-state index is 13.2. The van der Waals surface area contributed by atoms with Gasteiger partial charge in [-0.25, -0.2) is 4.98 Å². The highest BCUT2D eigenvalue weighted by Crippen LogP contribution is 2.25. The number of amides is 2. The number of piperidine rings is 1. The van der Waals surface area contributed by atoms with Gasteiger partial charge < -0.3 is 23.9 Å². The number of hydrogen-bond donors (Lipinski definition) is 1. The zero-order valence-corrected chi connectivity index (χ0v) is 17.7. The molecule has 8 heteroatoms. The van der Waals surface area contributed by atoms with Gasteiger partial charge in [0.1, 0.15) is 17.6 Å². The van der Waals surface area contributed by atoms with E-state index in [9.17, 15) is 9.59 Å². The number of furan rings is 1. The predicted octanol–water partition coefficient (Wildman–Crippen LogP) is 2.78. The molecule has 1 aromatic carbocycles. The minimum Gasteiger partial charge on any atom is -0.497 e. The molecule has 2 aromatic heterocycles. The van der Waals surface area contributed by atoms with Crippen molar-refractivity contribution in [2.24, 2.45) is 13.0 Å². The van der Waals surface area contributed by atoms with Crippen molar-refractivity contribution in [3.63, 3.8) is 0 Å². The number of hydrogen-bond acceptors (Lipinski definition) is 5. The van der Waals surface area contributed by atoms with E-state index >= 15 is 0 Å². The third kappa shape index (κ3) is 4.47. The van der Waals surface area contributed by atoms with Crippen LogP contribution in [0.4, 0.5) is 0 Å². The summed E-state index contributed by atoms with van der Waals surface area (Å²) in [6, 6.07) is 10.5. The molecule has 0 unspecified atom stereocenters. The molecule has 0 saturated carbocycles. The van der Waals surface area contributed by atoms with Crippen LogP contribution in [-0.4, -0.2) is 46.5 Å². The van der Waals surface area contributed by atoms with E-state index in [2.05, 4.69) is 10.3 Å². The number of imidazole rings is 1. The zero-order valence-electron chi connectivity index (χ0n) is 17.7. The number of rotatable bonds is 6. The van der Waals surface area contributed by atoms with Crippen molar-refractivity contribution in [2.75, 3.05) is 20.2 Å². The Morgan fingerprint density at radius 3 is 2.71 bits per heavy atom. The van der Waals surface area contributed by atoms with E-state index in [1.807, 2.05) is 42.1 Å². The molecule has 0 spiro atoms. The molecule has 162 valence electrons. The number of aromatic nitrogens is 2. The second-order valence-electron chi connectivity index (χ2n) is 7.68. The SMILES string of the molecule is COc1ccc([C@@H](NC(=O)[C@@H]2CCCN(C(=O)c3ccco3)C2)c2nccn2C)cc1. The van der Waals surface area contributed by atoms with E-state index < -0.39 is 6.04 Å². The first-order chi connectivity index (χ1) is 15.1. The third-order valence-corrected chi connectivity index (χ3v) is 5.66. The van der Waals surface area contributed by atoms with Gasteiger partial charge in [0.2, 0.25) is 5.91 Å². The van der Waals surface area contributed by atoms with Crippen molar-refractivity contribution in [3.8, 4) is 5.75 Å². The van der Waals surface area contributed by atoms with Crippen molar-refractivity contribution in [2.45, 2.75) is 18.9 Å². The highest BCUT2D eigenvalue weighted by molar-refractivity contribution is 5.92. The molecule has 1 aliphatic heterocycles. The molecule has 3 aromatic rings. The van der Waals surface area contributed by atoms with Crippen molar-refractivity contribution in [1.29, 1.82) is 0 Å². The lowest BCUT2D eigenvalue weighted by Gasteiger charge is -2.32. The van der Waals surface area contributed by atoms with Gasteiger partial charge in [0, 0.05) is 32.5 Å². The molecular weight excluding hydrogens is 396 g/mol. The fourth-order valence-corrected chi connectivity index (χ4v) is 3.94. The quantitative estimate of drug-likeness (QED) is 0.660. The van der Waals surface area contributed by atoms with Gasteiger partial charge >= 0.3 is 0 Å². The summed E-state index contributed by atoms with van der Waals surface area (Å²) in [5.41, 5.74) is 0.905. The van der Waals surface area contributed by atoms with E-state index in [4.69, 9.17) is 9.15 Å². The first-order valence-corrected chi connectivity index (χ1v) is 10.3. The molecule has 2 atom stereocenters. The Bertz CT molecular complexity index is 1030. The molecule has 31 heavy (non-hydrogen) atoms. The zero-order chi connectivity index (χ0) is 21.8.